The molecule has 0 spiro atoms. The van der Waals surface area contributed by atoms with Gasteiger partial charge in [0, 0.05) is 5.33 Å². The lowest BCUT2D eigenvalue weighted by Gasteiger charge is -2.28. The Morgan fingerprint density at radius 3 is 1.61 bits per heavy atom. The average Bonchev–Trinajstić information content (AvgIpc) is 2.35. The second-order valence-electron chi connectivity index (χ2n) is 7.10. The van der Waals surface area contributed by atoms with E-state index in [4.69, 9.17) is 9.47 Å². The van der Waals surface area contributed by atoms with Gasteiger partial charge in [0.1, 0.15) is 11.2 Å². The lowest BCUT2D eigenvalue weighted by Crippen LogP contribution is -2.43. The number of anilines is 1. The Balaban J connectivity index is 3.14. The first-order valence-electron chi connectivity index (χ1n) is 7.34. The van der Waals surface area contributed by atoms with Gasteiger partial charge in [-0.15, -0.1) is 0 Å². The van der Waals surface area contributed by atoms with Gasteiger partial charge in [0.25, 0.3) is 0 Å². The zero-order valence-electron chi connectivity index (χ0n) is 14.5. The van der Waals surface area contributed by atoms with Crippen LogP contribution in [-0.4, -0.2) is 23.4 Å². The first-order valence-corrected chi connectivity index (χ1v) is 8.46. The van der Waals surface area contributed by atoms with E-state index in [1.807, 2.05) is 12.1 Å². The number of imide groups is 1. The van der Waals surface area contributed by atoms with E-state index in [0.29, 0.717) is 11.0 Å². The number of hydrogen-bond donors (Lipinski definition) is 0. The molecule has 0 aliphatic rings. The fraction of sp³-hybridized carbons (Fsp3) is 0.529. The first kappa shape index (κ1) is 19.5. The van der Waals surface area contributed by atoms with Crippen molar-refractivity contribution in [2.45, 2.75) is 58.1 Å². The van der Waals surface area contributed by atoms with E-state index in [1.165, 1.54) is 0 Å². The molecule has 0 radical (unpaired) electrons. The van der Waals surface area contributed by atoms with Crippen molar-refractivity contribution in [1.82, 2.24) is 0 Å². The van der Waals surface area contributed by atoms with Crippen molar-refractivity contribution in [1.29, 1.82) is 0 Å². The van der Waals surface area contributed by atoms with Gasteiger partial charge in [-0.05, 0) is 59.2 Å². The molecular formula is C17H24BrNO4. The molecule has 1 aromatic carbocycles. The Bertz CT molecular complexity index is 527. The molecule has 6 heteroatoms. The molecule has 0 unspecified atom stereocenters. The summed E-state index contributed by atoms with van der Waals surface area (Å²) in [6.45, 7) is 10.5. The molecule has 0 saturated heterocycles. The van der Waals surface area contributed by atoms with Crippen LogP contribution in [0.15, 0.2) is 24.3 Å². The SMILES string of the molecule is CC(C)(C)OC(=O)N(C(=O)OC(C)(C)C)c1ccc(CBr)cc1. The van der Waals surface area contributed by atoms with Crippen LogP contribution >= 0.6 is 15.9 Å². The summed E-state index contributed by atoms with van der Waals surface area (Å²) in [4.78, 5) is 25.8. The summed E-state index contributed by atoms with van der Waals surface area (Å²) in [5.74, 6) is 0. The van der Waals surface area contributed by atoms with Crippen molar-refractivity contribution in [2.24, 2.45) is 0 Å². The zero-order valence-corrected chi connectivity index (χ0v) is 16.1. The van der Waals surface area contributed by atoms with Gasteiger partial charge in [0.2, 0.25) is 0 Å². The minimum Gasteiger partial charge on any atom is -0.443 e. The molecule has 0 fully saturated rings. The largest absolute Gasteiger partial charge is 0.443 e. The molecule has 0 bridgehead atoms. The molecule has 0 aromatic heterocycles. The smallest absolute Gasteiger partial charge is 0.424 e. The van der Waals surface area contributed by atoms with Crippen LogP contribution in [-0.2, 0) is 14.8 Å². The Hall–Kier alpha value is -1.56. The topological polar surface area (TPSA) is 55.8 Å². The summed E-state index contributed by atoms with van der Waals surface area (Å²) < 4.78 is 10.6. The van der Waals surface area contributed by atoms with E-state index >= 15 is 0 Å². The van der Waals surface area contributed by atoms with Crippen molar-refractivity contribution in [3.8, 4) is 0 Å². The van der Waals surface area contributed by atoms with Gasteiger partial charge in [-0.2, -0.15) is 4.90 Å². The number of rotatable bonds is 2. The number of carbonyl (C=O) groups excluding carboxylic acids is 2. The van der Waals surface area contributed by atoms with Crippen LogP contribution in [0.3, 0.4) is 0 Å². The molecule has 0 aliphatic carbocycles. The summed E-state index contributed by atoms with van der Waals surface area (Å²) in [6.07, 6.45) is -1.53. The fourth-order valence-corrected chi connectivity index (χ4v) is 2.01. The van der Waals surface area contributed by atoms with Crippen LogP contribution in [0.25, 0.3) is 0 Å². The molecule has 2 amide bonds. The van der Waals surface area contributed by atoms with Crippen LogP contribution < -0.4 is 4.90 Å². The Labute approximate surface area is 146 Å². The molecule has 23 heavy (non-hydrogen) atoms. The predicted octanol–water partition coefficient (Wildman–Crippen LogP) is 5.26. The highest BCUT2D eigenvalue weighted by Gasteiger charge is 2.32. The number of benzene rings is 1. The number of nitrogens with zero attached hydrogens (tertiary/aromatic N) is 1. The highest BCUT2D eigenvalue weighted by Crippen LogP contribution is 2.22. The predicted molar refractivity (Wildman–Crippen MR) is 94.0 cm³/mol. The zero-order chi connectivity index (χ0) is 17.8. The minimum atomic E-state index is -0.765. The van der Waals surface area contributed by atoms with Crippen LogP contribution in [0, 0.1) is 0 Å². The number of carbonyl (C=O) groups is 2. The van der Waals surface area contributed by atoms with Gasteiger partial charge in [-0.3, -0.25) is 0 Å². The summed E-state index contributed by atoms with van der Waals surface area (Å²) in [5, 5.41) is 0.687. The highest BCUT2D eigenvalue weighted by atomic mass is 79.9. The van der Waals surface area contributed by atoms with E-state index < -0.39 is 23.4 Å². The van der Waals surface area contributed by atoms with Gasteiger partial charge in [0.15, 0.2) is 0 Å². The van der Waals surface area contributed by atoms with E-state index in [-0.39, 0.29) is 0 Å². The van der Waals surface area contributed by atoms with Gasteiger partial charge >= 0.3 is 12.2 Å². The average molecular weight is 386 g/mol. The molecule has 128 valence electrons. The molecule has 0 heterocycles. The summed E-state index contributed by atoms with van der Waals surface area (Å²) in [7, 11) is 0. The summed E-state index contributed by atoms with van der Waals surface area (Å²) >= 11 is 3.36. The van der Waals surface area contributed by atoms with Crippen molar-refractivity contribution in [3.63, 3.8) is 0 Å². The number of alkyl halides is 1. The maximum absolute atomic E-state index is 12.4. The Kier molecular flexibility index (Phi) is 6.22. The number of ether oxygens (including phenoxy) is 2. The maximum Gasteiger partial charge on any atom is 0.424 e. The van der Waals surface area contributed by atoms with E-state index in [0.717, 1.165) is 10.5 Å². The van der Waals surface area contributed by atoms with E-state index in [1.54, 1.807) is 53.7 Å². The molecule has 1 rings (SSSR count). The molecule has 0 aliphatic heterocycles. The Morgan fingerprint density at radius 2 is 1.30 bits per heavy atom. The number of amides is 2. The quantitative estimate of drug-likeness (QED) is 0.651. The first-order chi connectivity index (χ1) is 10.4. The molecule has 5 nitrogen and oxygen atoms in total. The van der Waals surface area contributed by atoms with Crippen molar-refractivity contribution >= 4 is 33.8 Å². The lowest BCUT2D eigenvalue weighted by atomic mass is 10.2. The van der Waals surface area contributed by atoms with Crippen molar-refractivity contribution in [3.05, 3.63) is 29.8 Å². The number of halogens is 1. The van der Waals surface area contributed by atoms with Crippen molar-refractivity contribution < 1.29 is 19.1 Å². The van der Waals surface area contributed by atoms with Crippen molar-refractivity contribution in [2.75, 3.05) is 4.90 Å². The lowest BCUT2D eigenvalue weighted by molar-refractivity contribution is 0.0431. The third-order valence-corrected chi connectivity index (χ3v) is 3.15. The molecule has 0 atom stereocenters. The third kappa shape index (κ3) is 6.60. The van der Waals surface area contributed by atoms with Gasteiger partial charge in [0.05, 0.1) is 5.69 Å². The normalized spacial score (nSPS) is 11.8. The molecular weight excluding hydrogens is 362 g/mol. The van der Waals surface area contributed by atoms with Crippen LogP contribution in [0.2, 0.25) is 0 Å². The Morgan fingerprint density at radius 1 is 0.913 bits per heavy atom. The fourth-order valence-electron chi connectivity index (χ4n) is 1.63. The summed E-state index contributed by atoms with van der Waals surface area (Å²) in [5.41, 5.74) is 0.000545. The molecule has 1 aromatic rings. The van der Waals surface area contributed by atoms with E-state index in [9.17, 15) is 9.59 Å². The molecule has 0 saturated carbocycles. The second-order valence-corrected chi connectivity index (χ2v) is 7.66. The number of hydrogen-bond acceptors (Lipinski definition) is 4. The van der Waals surface area contributed by atoms with E-state index in [2.05, 4.69) is 15.9 Å². The van der Waals surface area contributed by atoms with Gasteiger partial charge < -0.3 is 9.47 Å². The maximum atomic E-state index is 12.4. The highest BCUT2D eigenvalue weighted by molar-refractivity contribution is 9.08. The summed E-state index contributed by atoms with van der Waals surface area (Å²) in [6, 6.07) is 7.02. The molecule has 0 N–H and O–H groups in total. The monoisotopic (exact) mass is 385 g/mol. The third-order valence-electron chi connectivity index (χ3n) is 2.50. The minimum absolute atomic E-state index is 0.401. The van der Waals surface area contributed by atoms with Gasteiger partial charge in [-0.1, -0.05) is 28.1 Å². The van der Waals surface area contributed by atoms with Crippen LogP contribution in [0.4, 0.5) is 15.3 Å². The second kappa shape index (κ2) is 7.34. The van der Waals surface area contributed by atoms with Crippen LogP contribution in [0.5, 0.6) is 0 Å². The standard InChI is InChI=1S/C17H24BrNO4/c1-16(2,3)22-14(20)19(15(21)23-17(4,5)6)13-9-7-12(11-18)8-10-13/h7-10H,11H2,1-6H3. The van der Waals surface area contributed by atoms with Gasteiger partial charge in [-0.25, -0.2) is 9.59 Å². The van der Waals surface area contributed by atoms with Crippen LogP contribution in [0.1, 0.15) is 47.1 Å².